The standard InChI is InChI=1S/C25H22N4O2/c1-17(20-12-11-18-7-5-6-10-21(18)15-20)27-24-26-14-13-23(28-24)29-22(16-31-25(29)30)19-8-3-2-4-9-19/h2-15,17,22H,16H2,1H3,(H,26,27,28)/t17-,22-/m0/s1. The molecule has 0 bridgehead atoms. The highest BCUT2D eigenvalue weighted by Crippen LogP contribution is 2.32. The zero-order valence-corrected chi connectivity index (χ0v) is 17.1. The number of benzene rings is 3. The van der Waals surface area contributed by atoms with Gasteiger partial charge in [-0.2, -0.15) is 4.98 Å². The lowest BCUT2D eigenvalue weighted by Crippen LogP contribution is -2.28. The second-order valence-corrected chi connectivity index (χ2v) is 7.58. The summed E-state index contributed by atoms with van der Waals surface area (Å²) in [5.74, 6) is 0.976. The number of cyclic esters (lactones) is 1. The third-order valence-electron chi connectivity index (χ3n) is 5.56. The summed E-state index contributed by atoms with van der Waals surface area (Å²) < 4.78 is 5.32. The number of aromatic nitrogens is 2. The van der Waals surface area contributed by atoms with Gasteiger partial charge in [0.05, 0.1) is 6.04 Å². The Morgan fingerprint density at radius 1 is 1.00 bits per heavy atom. The van der Waals surface area contributed by atoms with Crippen molar-refractivity contribution < 1.29 is 9.53 Å². The highest BCUT2D eigenvalue weighted by atomic mass is 16.6. The molecule has 1 aliphatic rings. The molecule has 0 saturated carbocycles. The van der Waals surface area contributed by atoms with E-state index >= 15 is 0 Å². The van der Waals surface area contributed by atoms with Gasteiger partial charge in [-0.1, -0.05) is 66.7 Å². The van der Waals surface area contributed by atoms with Crippen molar-refractivity contribution in [2.45, 2.75) is 19.0 Å². The zero-order valence-electron chi connectivity index (χ0n) is 17.1. The van der Waals surface area contributed by atoms with Crippen molar-refractivity contribution in [1.82, 2.24) is 9.97 Å². The third-order valence-corrected chi connectivity index (χ3v) is 5.56. The van der Waals surface area contributed by atoms with Crippen molar-refractivity contribution in [2.75, 3.05) is 16.8 Å². The molecule has 0 radical (unpaired) electrons. The molecule has 1 saturated heterocycles. The molecular formula is C25H22N4O2. The summed E-state index contributed by atoms with van der Waals surface area (Å²) in [6.07, 6.45) is 1.26. The topological polar surface area (TPSA) is 67.4 Å². The first-order valence-corrected chi connectivity index (χ1v) is 10.3. The van der Waals surface area contributed by atoms with Gasteiger partial charge in [-0.3, -0.25) is 4.90 Å². The Labute approximate surface area is 180 Å². The van der Waals surface area contributed by atoms with Crippen LogP contribution in [-0.4, -0.2) is 22.7 Å². The van der Waals surface area contributed by atoms with Crippen LogP contribution in [0.2, 0.25) is 0 Å². The molecule has 1 fully saturated rings. The van der Waals surface area contributed by atoms with Crippen LogP contribution < -0.4 is 10.2 Å². The van der Waals surface area contributed by atoms with E-state index in [0.29, 0.717) is 18.4 Å². The number of nitrogens with zero attached hydrogens (tertiary/aromatic N) is 3. The van der Waals surface area contributed by atoms with Crippen LogP contribution in [0.25, 0.3) is 10.8 Å². The quantitative estimate of drug-likeness (QED) is 0.470. The summed E-state index contributed by atoms with van der Waals surface area (Å²) in [5.41, 5.74) is 2.14. The maximum atomic E-state index is 12.5. The van der Waals surface area contributed by atoms with Crippen molar-refractivity contribution in [2.24, 2.45) is 0 Å². The summed E-state index contributed by atoms with van der Waals surface area (Å²) in [6.45, 7) is 2.36. The van der Waals surface area contributed by atoms with E-state index in [2.05, 4.69) is 52.5 Å². The molecule has 4 aromatic rings. The van der Waals surface area contributed by atoms with Crippen LogP contribution in [0.1, 0.15) is 30.1 Å². The average molecular weight is 410 g/mol. The number of nitrogens with one attached hydrogen (secondary N) is 1. The van der Waals surface area contributed by atoms with E-state index in [1.54, 1.807) is 17.2 Å². The molecular weight excluding hydrogens is 388 g/mol. The van der Waals surface area contributed by atoms with Gasteiger partial charge in [-0.05, 0) is 41.0 Å². The summed E-state index contributed by atoms with van der Waals surface area (Å²) >= 11 is 0. The van der Waals surface area contributed by atoms with Crippen molar-refractivity contribution in [3.63, 3.8) is 0 Å². The van der Waals surface area contributed by atoms with E-state index in [1.807, 2.05) is 42.5 Å². The van der Waals surface area contributed by atoms with Gasteiger partial charge < -0.3 is 10.1 Å². The first-order chi connectivity index (χ1) is 15.2. The van der Waals surface area contributed by atoms with Crippen LogP contribution in [0, 0.1) is 0 Å². The summed E-state index contributed by atoms with van der Waals surface area (Å²) in [7, 11) is 0. The molecule has 3 aromatic carbocycles. The molecule has 154 valence electrons. The lowest BCUT2D eigenvalue weighted by Gasteiger charge is -2.21. The number of hydrogen-bond donors (Lipinski definition) is 1. The van der Waals surface area contributed by atoms with Crippen molar-refractivity contribution in [3.8, 4) is 0 Å². The lowest BCUT2D eigenvalue weighted by atomic mass is 10.0. The smallest absolute Gasteiger partial charge is 0.416 e. The Bertz CT molecular complexity index is 1230. The van der Waals surface area contributed by atoms with Crippen LogP contribution in [0.15, 0.2) is 85.1 Å². The maximum absolute atomic E-state index is 12.5. The molecule has 1 aliphatic heterocycles. The fraction of sp³-hybridized carbons (Fsp3) is 0.160. The van der Waals surface area contributed by atoms with Gasteiger partial charge in [0.25, 0.3) is 0 Å². The maximum Gasteiger partial charge on any atom is 0.416 e. The molecule has 1 N–H and O–H groups in total. The lowest BCUT2D eigenvalue weighted by molar-refractivity contribution is 0.179. The Morgan fingerprint density at radius 3 is 2.61 bits per heavy atom. The third kappa shape index (κ3) is 3.80. The van der Waals surface area contributed by atoms with Gasteiger partial charge >= 0.3 is 6.09 Å². The Balaban J connectivity index is 1.39. The largest absolute Gasteiger partial charge is 0.447 e. The number of rotatable bonds is 5. The average Bonchev–Trinajstić information content (AvgIpc) is 3.21. The van der Waals surface area contributed by atoms with Crippen LogP contribution in [0.5, 0.6) is 0 Å². The molecule has 6 nitrogen and oxygen atoms in total. The van der Waals surface area contributed by atoms with Crippen LogP contribution in [-0.2, 0) is 4.74 Å². The Kier molecular flexibility index (Phi) is 4.96. The first-order valence-electron chi connectivity index (χ1n) is 10.3. The van der Waals surface area contributed by atoms with Gasteiger partial charge in [0.15, 0.2) is 0 Å². The van der Waals surface area contributed by atoms with Crippen LogP contribution >= 0.6 is 0 Å². The predicted molar refractivity (Wildman–Crippen MR) is 121 cm³/mol. The summed E-state index contributed by atoms with van der Waals surface area (Å²) in [6, 6.07) is 26.0. The molecule has 0 spiro atoms. The molecule has 1 amide bonds. The normalized spacial score (nSPS) is 16.9. The van der Waals surface area contributed by atoms with Gasteiger partial charge in [0.1, 0.15) is 18.5 Å². The molecule has 31 heavy (non-hydrogen) atoms. The number of carbonyl (C=O) groups is 1. The molecule has 1 aromatic heterocycles. The molecule has 6 heteroatoms. The minimum Gasteiger partial charge on any atom is -0.447 e. The summed E-state index contributed by atoms with van der Waals surface area (Å²) in [5, 5.41) is 5.75. The summed E-state index contributed by atoms with van der Waals surface area (Å²) in [4.78, 5) is 23.0. The van der Waals surface area contributed by atoms with Crippen LogP contribution in [0.3, 0.4) is 0 Å². The van der Waals surface area contributed by atoms with Crippen molar-refractivity contribution in [1.29, 1.82) is 0 Å². The highest BCUT2D eigenvalue weighted by molar-refractivity contribution is 5.89. The molecule has 0 aliphatic carbocycles. The predicted octanol–water partition coefficient (Wildman–Crippen LogP) is 5.50. The Hall–Kier alpha value is -3.93. The van der Waals surface area contributed by atoms with E-state index in [0.717, 1.165) is 11.1 Å². The van der Waals surface area contributed by atoms with Gasteiger partial charge in [-0.25, -0.2) is 9.78 Å². The molecule has 2 atom stereocenters. The Morgan fingerprint density at radius 2 is 1.77 bits per heavy atom. The van der Waals surface area contributed by atoms with Crippen molar-refractivity contribution >= 4 is 28.6 Å². The second kappa shape index (κ2) is 8.07. The van der Waals surface area contributed by atoms with E-state index < -0.39 is 6.09 Å². The fourth-order valence-corrected chi connectivity index (χ4v) is 3.90. The minimum absolute atomic E-state index is 0.00435. The van der Waals surface area contributed by atoms with Crippen molar-refractivity contribution in [3.05, 3.63) is 96.2 Å². The number of fused-ring (bicyclic) bond motifs is 1. The van der Waals surface area contributed by atoms with Gasteiger partial charge in [-0.15, -0.1) is 0 Å². The SMILES string of the molecule is C[C@H](Nc1nccc(N2C(=O)OC[C@H]2c2ccccc2)n1)c1ccc2ccccc2c1. The van der Waals surface area contributed by atoms with Gasteiger partial charge in [0, 0.05) is 6.20 Å². The van der Waals surface area contributed by atoms with Crippen LogP contribution in [0.4, 0.5) is 16.6 Å². The number of ether oxygens (including phenoxy) is 1. The number of amides is 1. The molecule has 2 heterocycles. The van der Waals surface area contributed by atoms with E-state index in [-0.39, 0.29) is 12.1 Å². The van der Waals surface area contributed by atoms with E-state index in [4.69, 9.17) is 4.74 Å². The van der Waals surface area contributed by atoms with E-state index in [1.165, 1.54) is 10.8 Å². The second-order valence-electron chi connectivity index (χ2n) is 7.58. The monoisotopic (exact) mass is 410 g/mol. The number of carbonyl (C=O) groups excluding carboxylic acids is 1. The molecule has 0 unspecified atom stereocenters. The highest BCUT2D eigenvalue weighted by Gasteiger charge is 2.36. The zero-order chi connectivity index (χ0) is 21.2. The first kappa shape index (κ1) is 19.1. The minimum atomic E-state index is -0.402. The number of anilines is 2. The van der Waals surface area contributed by atoms with E-state index in [9.17, 15) is 4.79 Å². The molecule has 5 rings (SSSR count). The number of hydrogen-bond acceptors (Lipinski definition) is 5. The van der Waals surface area contributed by atoms with Gasteiger partial charge in [0.2, 0.25) is 5.95 Å². The fourth-order valence-electron chi connectivity index (χ4n) is 3.90.